The minimum Gasteiger partial charge on any atom is -0.341 e. The highest BCUT2D eigenvalue weighted by Gasteiger charge is 2.08. The van der Waals surface area contributed by atoms with E-state index in [0.29, 0.717) is 0 Å². The maximum absolute atomic E-state index is 4.57. The number of hydrogen-bond acceptors (Lipinski definition) is 4. The van der Waals surface area contributed by atoms with Gasteiger partial charge in [-0.15, -0.1) is 0 Å². The van der Waals surface area contributed by atoms with Gasteiger partial charge in [-0.3, -0.25) is 0 Å². The molecule has 19 heavy (non-hydrogen) atoms. The molecular weight excluding hydrogens is 236 g/mol. The van der Waals surface area contributed by atoms with Gasteiger partial charge in [0.1, 0.15) is 5.82 Å². The molecule has 0 radical (unpaired) electrons. The van der Waals surface area contributed by atoms with Gasteiger partial charge < -0.3 is 10.2 Å². The van der Waals surface area contributed by atoms with E-state index >= 15 is 0 Å². The number of hydrogen-bond donors (Lipinski definition) is 1. The van der Waals surface area contributed by atoms with E-state index in [0.717, 1.165) is 36.2 Å². The summed E-state index contributed by atoms with van der Waals surface area (Å²) in [5, 5.41) is 3.31. The summed E-state index contributed by atoms with van der Waals surface area (Å²) in [6, 6.07) is 12.0. The van der Waals surface area contributed by atoms with Crippen molar-refractivity contribution in [2.24, 2.45) is 0 Å². The van der Waals surface area contributed by atoms with E-state index in [2.05, 4.69) is 34.0 Å². The molecule has 100 valence electrons. The first-order valence-electron chi connectivity index (χ1n) is 6.65. The largest absolute Gasteiger partial charge is 0.341 e. The molecular formula is C15H20N4. The predicted octanol–water partition coefficient (Wildman–Crippen LogP) is 3.37. The van der Waals surface area contributed by atoms with Gasteiger partial charge in [0.2, 0.25) is 5.95 Å². The summed E-state index contributed by atoms with van der Waals surface area (Å²) in [5.41, 5.74) is 2.00. The average molecular weight is 256 g/mol. The molecule has 0 amide bonds. The molecule has 4 nitrogen and oxygen atoms in total. The van der Waals surface area contributed by atoms with Crippen molar-refractivity contribution < 1.29 is 0 Å². The number of anilines is 3. The van der Waals surface area contributed by atoms with Gasteiger partial charge in [0, 0.05) is 30.5 Å². The normalized spacial score (nSPS) is 10.3. The Balaban J connectivity index is 2.26. The molecule has 0 fully saturated rings. The summed E-state index contributed by atoms with van der Waals surface area (Å²) >= 11 is 0. The second-order valence-corrected chi connectivity index (χ2v) is 4.36. The van der Waals surface area contributed by atoms with Crippen LogP contribution in [0.1, 0.15) is 19.5 Å². The van der Waals surface area contributed by atoms with E-state index in [1.807, 2.05) is 43.3 Å². The minimum atomic E-state index is 0.781. The van der Waals surface area contributed by atoms with Gasteiger partial charge in [0.05, 0.1) is 0 Å². The lowest BCUT2D eigenvalue weighted by Gasteiger charge is -2.19. The molecule has 0 bridgehead atoms. The molecule has 4 heteroatoms. The van der Waals surface area contributed by atoms with Crippen LogP contribution in [-0.4, -0.2) is 23.1 Å². The molecule has 2 aromatic rings. The number of benzene rings is 1. The fourth-order valence-corrected chi connectivity index (χ4v) is 1.93. The van der Waals surface area contributed by atoms with Crippen LogP contribution in [-0.2, 0) is 0 Å². The van der Waals surface area contributed by atoms with Crippen LogP contribution in [0.5, 0.6) is 0 Å². The van der Waals surface area contributed by atoms with Crippen LogP contribution in [0.15, 0.2) is 36.4 Å². The van der Waals surface area contributed by atoms with E-state index in [9.17, 15) is 0 Å². The number of para-hydroxylation sites is 1. The maximum Gasteiger partial charge on any atom is 0.227 e. The summed E-state index contributed by atoms with van der Waals surface area (Å²) in [4.78, 5) is 11.2. The number of nitrogens with zero attached hydrogens (tertiary/aromatic N) is 3. The average Bonchev–Trinajstić information content (AvgIpc) is 2.40. The number of aryl methyl sites for hydroxylation is 1. The van der Waals surface area contributed by atoms with Crippen LogP contribution >= 0.6 is 0 Å². The lowest BCUT2D eigenvalue weighted by atomic mass is 10.3. The third-order valence-corrected chi connectivity index (χ3v) is 2.93. The maximum atomic E-state index is 4.57. The smallest absolute Gasteiger partial charge is 0.227 e. The van der Waals surface area contributed by atoms with Crippen LogP contribution in [0.3, 0.4) is 0 Å². The Labute approximate surface area is 114 Å². The monoisotopic (exact) mass is 256 g/mol. The number of nitrogens with one attached hydrogen (secondary N) is 1. The fraction of sp³-hybridized carbons (Fsp3) is 0.333. The van der Waals surface area contributed by atoms with Gasteiger partial charge in [-0.05, 0) is 32.9 Å². The van der Waals surface area contributed by atoms with Crippen molar-refractivity contribution in [2.45, 2.75) is 20.8 Å². The van der Waals surface area contributed by atoms with Crippen molar-refractivity contribution in [1.29, 1.82) is 0 Å². The Morgan fingerprint density at radius 3 is 2.37 bits per heavy atom. The zero-order valence-electron chi connectivity index (χ0n) is 11.7. The van der Waals surface area contributed by atoms with Gasteiger partial charge >= 0.3 is 0 Å². The third kappa shape index (κ3) is 3.44. The third-order valence-electron chi connectivity index (χ3n) is 2.93. The van der Waals surface area contributed by atoms with Crippen LogP contribution < -0.4 is 10.2 Å². The highest BCUT2D eigenvalue weighted by molar-refractivity contribution is 5.57. The van der Waals surface area contributed by atoms with E-state index in [4.69, 9.17) is 0 Å². The van der Waals surface area contributed by atoms with Gasteiger partial charge in [-0.1, -0.05) is 18.2 Å². The molecule has 1 N–H and O–H groups in total. The molecule has 0 saturated carbocycles. The molecule has 0 atom stereocenters. The Hall–Kier alpha value is -2.10. The van der Waals surface area contributed by atoms with Gasteiger partial charge in [0.25, 0.3) is 0 Å². The van der Waals surface area contributed by atoms with Crippen molar-refractivity contribution in [3.8, 4) is 0 Å². The molecule has 0 unspecified atom stereocenters. The van der Waals surface area contributed by atoms with Crippen molar-refractivity contribution in [1.82, 2.24) is 9.97 Å². The Morgan fingerprint density at radius 1 is 1.05 bits per heavy atom. The highest BCUT2D eigenvalue weighted by atomic mass is 15.3. The molecule has 0 spiro atoms. The first kappa shape index (κ1) is 13.3. The first-order valence-corrected chi connectivity index (χ1v) is 6.65. The zero-order chi connectivity index (χ0) is 13.7. The standard InChI is InChI=1S/C15H20N4/c1-4-19(5-2)15-16-12(3)11-14(18-15)17-13-9-7-6-8-10-13/h6-11H,4-5H2,1-3H3,(H,16,17,18). The summed E-state index contributed by atoms with van der Waals surface area (Å²) < 4.78 is 0. The van der Waals surface area contributed by atoms with Gasteiger partial charge in [0.15, 0.2) is 0 Å². The second kappa shape index (κ2) is 6.18. The molecule has 1 aromatic heterocycles. The van der Waals surface area contributed by atoms with Crippen molar-refractivity contribution in [3.05, 3.63) is 42.1 Å². The Bertz CT molecular complexity index is 521. The van der Waals surface area contributed by atoms with E-state index in [1.54, 1.807) is 0 Å². The molecule has 2 rings (SSSR count). The van der Waals surface area contributed by atoms with E-state index < -0.39 is 0 Å². The van der Waals surface area contributed by atoms with Crippen molar-refractivity contribution >= 4 is 17.5 Å². The lowest BCUT2D eigenvalue weighted by molar-refractivity contribution is 0.817. The summed E-state index contributed by atoms with van der Waals surface area (Å²) in [6.45, 7) is 8.03. The van der Waals surface area contributed by atoms with Crippen molar-refractivity contribution in [3.63, 3.8) is 0 Å². The van der Waals surface area contributed by atoms with E-state index in [-0.39, 0.29) is 0 Å². The summed E-state index contributed by atoms with van der Waals surface area (Å²) in [6.07, 6.45) is 0. The molecule has 0 aliphatic carbocycles. The number of rotatable bonds is 5. The molecule has 1 heterocycles. The van der Waals surface area contributed by atoms with Gasteiger partial charge in [-0.25, -0.2) is 4.98 Å². The lowest BCUT2D eigenvalue weighted by Crippen LogP contribution is -2.24. The molecule has 0 saturated heterocycles. The Kier molecular flexibility index (Phi) is 4.34. The van der Waals surface area contributed by atoms with Crippen molar-refractivity contribution in [2.75, 3.05) is 23.3 Å². The highest BCUT2D eigenvalue weighted by Crippen LogP contribution is 2.18. The Morgan fingerprint density at radius 2 is 1.74 bits per heavy atom. The molecule has 1 aromatic carbocycles. The zero-order valence-corrected chi connectivity index (χ0v) is 11.7. The SMILES string of the molecule is CCN(CC)c1nc(C)cc(Nc2ccccc2)n1. The second-order valence-electron chi connectivity index (χ2n) is 4.36. The van der Waals surface area contributed by atoms with Gasteiger partial charge in [-0.2, -0.15) is 4.98 Å². The number of aromatic nitrogens is 2. The summed E-state index contributed by atoms with van der Waals surface area (Å²) in [7, 11) is 0. The van der Waals surface area contributed by atoms with E-state index in [1.165, 1.54) is 0 Å². The molecule has 0 aliphatic rings. The first-order chi connectivity index (χ1) is 9.22. The topological polar surface area (TPSA) is 41.1 Å². The fourth-order valence-electron chi connectivity index (χ4n) is 1.93. The predicted molar refractivity (Wildman–Crippen MR) is 80.1 cm³/mol. The molecule has 0 aliphatic heterocycles. The van der Waals surface area contributed by atoms with Crippen LogP contribution in [0.25, 0.3) is 0 Å². The van der Waals surface area contributed by atoms with Crippen LogP contribution in [0.2, 0.25) is 0 Å². The minimum absolute atomic E-state index is 0.781. The van der Waals surface area contributed by atoms with Crippen LogP contribution in [0, 0.1) is 6.92 Å². The van der Waals surface area contributed by atoms with Crippen LogP contribution in [0.4, 0.5) is 17.5 Å². The quantitative estimate of drug-likeness (QED) is 0.890. The summed E-state index contributed by atoms with van der Waals surface area (Å²) in [5.74, 6) is 1.61.